The van der Waals surface area contributed by atoms with Gasteiger partial charge in [-0.2, -0.15) is 0 Å². The van der Waals surface area contributed by atoms with E-state index in [1.54, 1.807) is 0 Å². The van der Waals surface area contributed by atoms with Gasteiger partial charge in [-0.25, -0.2) is 9.82 Å². The topological polar surface area (TPSA) is 56.4 Å². The largest absolute Gasteiger partial charge is 0.342 e. The maximum Gasteiger partial charge on any atom is 0.225 e. The van der Waals surface area contributed by atoms with Crippen LogP contribution in [0.15, 0.2) is 24.3 Å². The fourth-order valence-electron chi connectivity index (χ4n) is 3.74. The zero-order chi connectivity index (χ0) is 17.8. The van der Waals surface area contributed by atoms with Gasteiger partial charge >= 0.3 is 0 Å². The molecular formula is C19H29FN4O. The number of benzene rings is 1. The third kappa shape index (κ3) is 4.57. The summed E-state index contributed by atoms with van der Waals surface area (Å²) in [6.45, 7) is 7.41. The number of hydrazine groups is 1. The van der Waals surface area contributed by atoms with E-state index in [-0.39, 0.29) is 23.7 Å². The number of amides is 1. The molecule has 2 aliphatic rings. The second kappa shape index (κ2) is 8.25. The third-order valence-corrected chi connectivity index (χ3v) is 5.29. The Bertz CT molecular complexity index is 569. The van der Waals surface area contributed by atoms with Crippen LogP contribution < -0.4 is 16.2 Å². The molecule has 0 spiro atoms. The monoisotopic (exact) mass is 348 g/mol. The lowest BCUT2D eigenvalue weighted by Crippen LogP contribution is -2.47. The van der Waals surface area contributed by atoms with Crippen molar-refractivity contribution in [1.29, 1.82) is 0 Å². The van der Waals surface area contributed by atoms with Crippen molar-refractivity contribution in [3.8, 4) is 0 Å². The Morgan fingerprint density at radius 1 is 1.28 bits per heavy atom. The molecule has 2 heterocycles. The summed E-state index contributed by atoms with van der Waals surface area (Å²) in [5.74, 6) is 0.559. The van der Waals surface area contributed by atoms with E-state index in [9.17, 15) is 9.18 Å². The van der Waals surface area contributed by atoms with Crippen molar-refractivity contribution in [3.05, 3.63) is 35.6 Å². The molecule has 3 N–H and O–H groups in total. The average Bonchev–Trinajstić information content (AvgIpc) is 3.09. The standard InChI is InChI=1S/C19H29FN4O/c1-13(2)19(25)24-9-7-17(8-10-24)21-11-15-12-22-23-18(15)14-3-5-16(20)6-4-14/h3-6,13,15,17-18,21-23H,7-12H2,1-2H3. The maximum absolute atomic E-state index is 13.1. The molecule has 0 radical (unpaired) electrons. The highest BCUT2D eigenvalue weighted by Crippen LogP contribution is 2.25. The highest BCUT2D eigenvalue weighted by molar-refractivity contribution is 5.78. The van der Waals surface area contributed by atoms with Gasteiger partial charge in [0.05, 0.1) is 6.04 Å². The number of halogens is 1. The minimum absolute atomic E-state index is 0.0802. The van der Waals surface area contributed by atoms with Crippen molar-refractivity contribution in [2.45, 2.75) is 38.8 Å². The fraction of sp³-hybridized carbons (Fsp3) is 0.632. The summed E-state index contributed by atoms with van der Waals surface area (Å²) in [6.07, 6.45) is 2.01. The number of hydrogen-bond donors (Lipinski definition) is 3. The quantitative estimate of drug-likeness (QED) is 0.760. The van der Waals surface area contributed by atoms with Crippen LogP contribution in [-0.2, 0) is 4.79 Å². The first-order valence-corrected chi connectivity index (χ1v) is 9.30. The van der Waals surface area contributed by atoms with Gasteiger partial charge in [0.25, 0.3) is 0 Å². The van der Waals surface area contributed by atoms with Crippen LogP contribution in [0.4, 0.5) is 4.39 Å². The van der Waals surface area contributed by atoms with Crippen LogP contribution in [0.1, 0.15) is 38.3 Å². The highest BCUT2D eigenvalue weighted by Gasteiger charge is 2.30. The number of nitrogens with one attached hydrogen (secondary N) is 3. The second-order valence-electron chi connectivity index (χ2n) is 7.48. The van der Waals surface area contributed by atoms with Gasteiger partial charge in [0, 0.05) is 44.1 Å². The van der Waals surface area contributed by atoms with Crippen molar-refractivity contribution in [1.82, 2.24) is 21.1 Å². The van der Waals surface area contributed by atoms with Crippen LogP contribution in [-0.4, -0.2) is 43.0 Å². The molecule has 0 aromatic heterocycles. The van der Waals surface area contributed by atoms with E-state index in [2.05, 4.69) is 16.2 Å². The van der Waals surface area contributed by atoms with Crippen molar-refractivity contribution in [3.63, 3.8) is 0 Å². The molecule has 1 amide bonds. The van der Waals surface area contributed by atoms with E-state index in [0.29, 0.717) is 12.0 Å². The Hall–Kier alpha value is -1.50. The fourth-order valence-corrected chi connectivity index (χ4v) is 3.74. The van der Waals surface area contributed by atoms with Crippen molar-refractivity contribution in [2.75, 3.05) is 26.2 Å². The lowest BCUT2D eigenvalue weighted by Gasteiger charge is -2.34. The predicted octanol–water partition coefficient (Wildman–Crippen LogP) is 1.83. The summed E-state index contributed by atoms with van der Waals surface area (Å²) in [6, 6.07) is 7.38. The molecule has 25 heavy (non-hydrogen) atoms. The summed E-state index contributed by atoms with van der Waals surface area (Å²) in [7, 11) is 0. The molecule has 1 aromatic rings. The SMILES string of the molecule is CC(C)C(=O)N1CCC(NCC2CNNC2c2ccc(F)cc2)CC1. The molecule has 0 saturated carbocycles. The molecule has 0 aliphatic carbocycles. The first-order valence-electron chi connectivity index (χ1n) is 9.30. The first-order chi connectivity index (χ1) is 12.0. The van der Waals surface area contributed by atoms with Gasteiger partial charge in [0.15, 0.2) is 0 Å². The minimum Gasteiger partial charge on any atom is -0.342 e. The van der Waals surface area contributed by atoms with Gasteiger partial charge in [-0.3, -0.25) is 10.2 Å². The molecule has 2 saturated heterocycles. The normalized spacial score (nSPS) is 24.9. The Kier molecular flexibility index (Phi) is 6.04. The van der Waals surface area contributed by atoms with Crippen molar-refractivity contribution < 1.29 is 9.18 Å². The van der Waals surface area contributed by atoms with E-state index in [4.69, 9.17) is 0 Å². The van der Waals surface area contributed by atoms with Gasteiger partial charge in [-0.15, -0.1) is 0 Å². The number of rotatable bonds is 5. The first kappa shape index (κ1) is 18.3. The molecule has 3 rings (SSSR count). The number of carbonyl (C=O) groups is 1. The van der Waals surface area contributed by atoms with Crippen LogP contribution in [0.3, 0.4) is 0 Å². The lowest BCUT2D eigenvalue weighted by molar-refractivity contribution is -0.135. The Labute approximate surface area is 149 Å². The summed E-state index contributed by atoms with van der Waals surface area (Å²) < 4.78 is 13.1. The van der Waals surface area contributed by atoms with Gasteiger partial charge in [-0.05, 0) is 30.5 Å². The van der Waals surface area contributed by atoms with Gasteiger partial charge in [0.1, 0.15) is 5.82 Å². The summed E-state index contributed by atoms with van der Waals surface area (Å²) >= 11 is 0. The Morgan fingerprint density at radius 2 is 1.96 bits per heavy atom. The highest BCUT2D eigenvalue weighted by atomic mass is 19.1. The van der Waals surface area contributed by atoms with Crippen LogP contribution >= 0.6 is 0 Å². The maximum atomic E-state index is 13.1. The predicted molar refractivity (Wildman–Crippen MR) is 96.2 cm³/mol. The van der Waals surface area contributed by atoms with Crippen LogP contribution in [0.5, 0.6) is 0 Å². The number of carbonyl (C=O) groups excluding carboxylic acids is 1. The summed E-state index contributed by atoms with van der Waals surface area (Å²) in [5.41, 5.74) is 7.63. The van der Waals surface area contributed by atoms with Crippen LogP contribution in [0, 0.1) is 17.7 Å². The average molecular weight is 348 g/mol. The number of likely N-dealkylation sites (tertiary alicyclic amines) is 1. The van der Waals surface area contributed by atoms with Crippen molar-refractivity contribution >= 4 is 5.91 Å². The summed E-state index contributed by atoms with van der Waals surface area (Å²) in [4.78, 5) is 14.0. The third-order valence-electron chi connectivity index (χ3n) is 5.29. The van der Waals surface area contributed by atoms with E-state index in [0.717, 1.165) is 44.6 Å². The molecule has 6 heteroatoms. The molecule has 2 aliphatic heterocycles. The molecule has 0 bridgehead atoms. The zero-order valence-electron chi connectivity index (χ0n) is 15.1. The van der Waals surface area contributed by atoms with Gasteiger partial charge < -0.3 is 10.2 Å². The molecule has 138 valence electrons. The Morgan fingerprint density at radius 3 is 2.60 bits per heavy atom. The molecule has 5 nitrogen and oxygen atoms in total. The van der Waals surface area contributed by atoms with E-state index < -0.39 is 0 Å². The lowest BCUT2D eigenvalue weighted by atomic mass is 9.94. The van der Waals surface area contributed by atoms with Crippen LogP contribution in [0.25, 0.3) is 0 Å². The molecular weight excluding hydrogens is 319 g/mol. The van der Waals surface area contributed by atoms with E-state index in [1.165, 1.54) is 12.1 Å². The van der Waals surface area contributed by atoms with E-state index >= 15 is 0 Å². The smallest absolute Gasteiger partial charge is 0.225 e. The number of piperidine rings is 1. The Balaban J connectivity index is 1.47. The molecule has 2 unspecified atom stereocenters. The zero-order valence-corrected chi connectivity index (χ0v) is 15.1. The van der Waals surface area contributed by atoms with Gasteiger partial charge in [0.2, 0.25) is 5.91 Å². The molecule has 2 fully saturated rings. The second-order valence-corrected chi connectivity index (χ2v) is 7.48. The van der Waals surface area contributed by atoms with E-state index in [1.807, 2.05) is 30.9 Å². The van der Waals surface area contributed by atoms with Crippen molar-refractivity contribution in [2.24, 2.45) is 11.8 Å². The summed E-state index contributed by atoms with van der Waals surface area (Å²) in [5, 5.41) is 3.67. The molecule has 1 aromatic carbocycles. The number of nitrogens with zero attached hydrogens (tertiary/aromatic N) is 1. The minimum atomic E-state index is -0.202. The number of hydrogen-bond acceptors (Lipinski definition) is 4. The molecule has 2 atom stereocenters. The van der Waals surface area contributed by atoms with Crippen LogP contribution in [0.2, 0.25) is 0 Å². The van der Waals surface area contributed by atoms with Gasteiger partial charge in [-0.1, -0.05) is 26.0 Å².